The van der Waals surface area contributed by atoms with E-state index in [-0.39, 0.29) is 12.3 Å². The number of nitriles is 1. The minimum atomic E-state index is 0.161. The Kier molecular flexibility index (Phi) is 4.73. The first-order valence-corrected chi connectivity index (χ1v) is 7.46. The van der Waals surface area contributed by atoms with Crippen LogP contribution < -0.4 is 10.1 Å². The molecule has 0 atom stereocenters. The number of nitrogens with zero attached hydrogens (tertiary/aromatic N) is 3. The number of anilines is 1. The number of rotatable bonds is 6. The average molecular weight is 320 g/mol. The van der Waals surface area contributed by atoms with E-state index in [1.807, 2.05) is 49.4 Å². The first-order chi connectivity index (χ1) is 11.7. The summed E-state index contributed by atoms with van der Waals surface area (Å²) in [6.45, 7) is 2.69. The highest BCUT2D eigenvalue weighted by molar-refractivity contribution is 5.45. The van der Waals surface area contributed by atoms with Gasteiger partial charge in [0.1, 0.15) is 11.8 Å². The van der Waals surface area contributed by atoms with Crippen LogP contribution in [0.5, 0.6) is 5.75 Å². The van der Waals surface area contributed by atoms with Gasteiger partial charge in [-0.25, -0.2) is 0 Å². The predicted octanol–water partition coefficient (Wildman–Crippen LogP) is 3.44. The van der Waals surface area contributed by atoms with Crippen LogP contribution in [0.3, 0.4) is 0 Å². The Hall–Kier alpha value is -3.33. The normalized spacial score (nSPS) is 10.2. The summed E-state index contributed by atoms with van der Waals surface area (Å²) in [4.78, 5) is 8.11. The van der Waals surface area contributed by atoms with E-state index < -0.39 is 0 Å². The van der Waals surface area contributed by atoms with Gasteiger partial charge in [-0.3, -0.25) is 4.98 Å². The topological polar surface area (TPSA) is 84.0 Å². The van der Waals surface area contributed by atoms with Gasteiger partial charge in [0.25, 0.3) is 0 Å². The molecule has 6 heteroatoms. The van der Waals surface area contributed by atoms with E-state index in [2.05, 4.69) is 15.3 Å². The highest BCUT2D eigenvalue weighted by Gasteiger charge is 2.13. The second-order valence-corrected chi connectivity index (χ2v) is 5.21. The molecule has 0 aliphatic heterocycles. The summed E-state index contributed by atoms with van der Waals surface area (Å²) >= 11 is 0. The number of hydrogen-bond donors (Lipinski definition) is 1. The average Bonchev–Trinajstić information content (AvgIpc) is 3.03. The number of ether oxygens (including phenoxy) is 1. The molecule has 0 bridgehead atoms. The first kappa shape index (κ1) is 15.6. The SMILES string of the molecule is Cc1ccc(OCc2nc(C#N)c(NCc3ccncc3)o2)cc1. The molecule has 0 spiro atoms. The number of aryl methyl sites for hydroxylation is 1. The Morgan fingerprint density at radius 1 is 1.17 bits per heavy atom. The van der Waals surface area contributed by atoms with E-state index in [1.165, 1.54) is 0 Å². The fraction of sp³-hybridized carbons (Fsp3) is 0.167. The molecule has 0 amide bonds. The molecular formula is C18H16N4O2. The molecule has 1 N–H and O–H groups in total. The van der Waals surface area contributed by atoms with Crippen molar-refractivity contribution >= 4 is 5.88 Å². The van der Waals surface area contributed by atoms with E-state index in [0.29, 0.717) is 18.3 Å². The fourth-order valence-electron chi connectivity index (χ4n) is 2.08. The molecule has 0 saturated heterocycles. The molecule has 1 aromatic carbocycles. The summed E-state index contributed by atoms with van der Waals surface area (Å²) in [6, 6.07) is 13.5. The Balaban J connectivity index is 1.64. The van der Waals surface area contributed by atoms with Crippen molar-refractivity contribution in [3.63, 3.8) is 0 Å². The molecule has 120 valence electrons. The summed E-state index contributed by atoms with van der Waals surface area (Å²) in [6.07, 6.45) is 3.42. The third kappa shape index (κ3) is 3.90. The number of hydrogen-bond acceptors (Lipinski definition) is 6. The Bertz CT molecular complexity index is 836. The second-order valence-electron chi connectivity index (χ2n) is 5.21. The maximum Gasteiger partial charge on any atom is 0.236 e. The number of pyridine rings is 1. The Labute approximate surface area is 139 Å². The Morgan fingerprint density at radius 2 is 1.92 bits per heavy atom. The molecule has 0 fully saturated rings. The van der Waals surface area contributed by atoms with Crippen molar-refractivity contribution in [1.82, 2.24) is 9.97 Å². The largest absolute Gasteiger partial charge is 0.484 e. The van der Waals surface area contributed by atoms with Gasteiger partial charge in [0.05, 0.1) is 0 Å². The Morgan fingerprint density at radius 3 is 2.62 bits per heavy atom. The third-order valence-electron chi connectivity index (χ3n) is 3.36. The molecule has 2 heterocycles. The van der Waals surface area contributed by atoms with Crippen LogP contribution in [0.15, 0.2) is 53.2 Å². The van der Waals surface area contributed by atoms with Crippen LogP contribution in [0.2, 0.25) is 0 Å². The van der Waals surface area contributed by atoms with Crippen LogP contribution in [0.25, 0.3) is 0 Å². The second kappa shape index (κ2) is 7.29. The van der Waals surface area contributed by atoms with Gasteiger partial charge in [0.2, 0.25) is 17.5 Å². The zero-order valence-corrected chi connectivity index (χ0v) is 13.2. The van der Waals surface area contributed by atoms with E-state index in [4.69, 9.17) is 9.15 Å². The molecule has 2 aromatic heterocycles. The molecule has 0 unspecified atom stereocenters. The lowest BCUT2D eigenvalue weighted by Gasteiger charge is -2.04. The van der Waals surface area contributed by atoms with Crippen LogP contribution in [-0.2, 0) is 13.2 Å². The highest BCUT2D eigenvalue weighted by Crippen LogP contribution is 2.19. The van der Waals surface area contributed by atoms with Crippen molar-refractivity contribution in [2.24, 2.45) is 0 Å². The minimum absolute atomic E-state index is 0.161. The lowest BCUT2D eigenvalue weighted by molar-refractivity contribution is 0.264. The molecule has 0 aliphatic rings. The molecule has 0 saturated carbocycles. The fourth-order valence-corrected chi connectivity index (χ4v) is 2.08. The van der Waals surface area contributed by atoms with E-state index in [1.54, 1.807) is 12.4 Å². The molecule has 0 radical (unpaired) electrons. The van der Waals surface area contributed by atoms with Crippen molar-refractivity contribution in [2.75, 3.05) is 5.32 Å². The van der Waals surface area contributed by atoms with Crippen LogP contribution in [0.1, 0.15) is 22.7 Å². The van der Waals surface area contributed by atoms with Crippen molar-refractivity contribution in [3.05, 3.63) is 71.5 Å². The van der Waals surface area contributed by atoms with Gasteiger partial charge in [-0.2, -0.15) is 10.2 Å². The quantitative estimate of drug-likeness (QED) is 0.749. The van der Waals surface area contributed by atoms with Gasteiger partial charge in [0.15, 0.2) is 6.61 Å². The summed E-state index contributed by atoms with van der Waals surface area (Å²) < 4.78 is 11.2. The molecule has 24 heavy (non-hydrogen) atoms. The van der Waals surface area contributed by atoms with Crippen LogP contribution in [0, 0.1) is 18.3 Å². The summed E-state index contributed by atoms with van der Waals surface area (Å²) in [5.41, 5.74) is 2.40. The first-order valence-electron chi connectivity index (χ1n) is 7.46. The van der Waals surface area contributed by atoms with Crippen molar-refractivity contribution < 1.29 is 9.15 Å². The molecule has 3 rings (SSSR count). The lowest BCUT2D eigenvalue weighted by Crippen LogP contribution is -1.99. The van der Waals surface area contributed by atoms with Crippen LogP contribution in [0.4, 0.5) is 5.88 Å². The zero-order valence-electron chi connectivity index (χ0n) is 13.2. The number of aromatic nitrogens is 2. The maximum atomic E-state index is 9.18. The number of oxazole rings is 1. The van der Waals surface area contributed by atoms with E-state index in [0.717, 1.165) is 16.9 Å². The minimum Gasteiger partial charge on any atom is -0.484 e. The standard InChI is InChI=1S/C18H16N4O2/c1-13-2-4-15(5-3-13)23-12-17-22-16(10-19)18(24-17)21-11-14-6-8-20-9-7-14/h2-9,21H,11-12H2,1H3. The molecule has 6 nitrogen and oxygen atoms in total. The van der Waals surface area contributed by atoms with Gasteiger partial charge >= 0.3 is 0 Å². The van der Waals surface area contributed by atoms with E-state index >= 15 is 0 Å². The van der Waals surface area contributed by atoms with E-state index in [9.17, 15) is 5.26 Å². The van der Waals surface area contributed by atoms with Crippen LogP contribution >= 0.6 is 0 Å². The summed E-state index contributed by atoms with van der Waals surface area (Å²) in [5, 5.41) is 12.3. The van der Waals surface area contributed by atoms with Crippen LogP contribution in [-0.4, -0.2) is 9.97 Å². The smallest absolute Gasteiger partial charge is 0.236 e. The van der Waals surface area contributed by atoms with Crippen molar-refractivity contribution in [2.45, 2.75) is 20.1 Å². The van der Waals surface area contributed by atoms with Gasteiger partial charge < -0.3 is 14.5 Å². The highest BCUT2D eigenvalue weighted by atomic mass is 16.5. The van der Waals surface area contributed by atoms with Gasteiger partial charge in [-0.1, -0.05) is 17.7 Å². The van der Waals surface area contributed by atoms with Crippen molar-refractivity contribution in [1.29, 1.82) is 5.26 Å². The third-order valence-corrected chi connectivity index (χ3v) is 3.36. The van der Waals surface area contributed by atoms with Gasteiger partial charge in [-0.15, -0.1) is 0 Å². The van der Waals surface area contributed by atoms with Gasteiger partial charge in [-0.05, 0) is 36.8 Å². The molecule has 0 aliphatic carbocycles. The summed E-state index contributed by atoms with van der Waals surface area (Å²) in [5.74, 6) is 1.42. The van der Waals surface area contributed by atoms with Crippen molar-refractivity contribution in [3.8, 4) is 11.8 Å². The predicted molar refractivity (Wildman–Crippen MR) is 88.3 cm³/mol. The maximum absolute atomic E-state index is 9.18. The molecular weight excluding hydrogens is 304 g/mol. The molecule has 3 aromatic rings. The zero-order chi connectivity index (χ0) is 16.8. The number of nitrogens with one attached hydrogen (secondary N) is 1. The summed E-state index contributed by atoms with van der Waals surface area (Å²) in [7, 11) is 0. The van der Waals surface area contributed by atoms with Gasteiger partial charge in [0, 0.05) is 18.9 Å². The monoisotopic (exact) mass is 320 g/mol. The number of benzene rings is 1. The lowest BCUT2D eigenvalue weighted by atomic mass is 10.2.